The maximum atomic E-state index is 13.3. The number of aryl methyl sites for hydroxylation is 2. The number of hydrogen-bond acceptors (Lipinski definition) is 3. The lowest BCUT2D eigenvalue weighted by Crippen LogP contribution is -2.39. The molecule has 1 aliphatic carbocycles. The molecule has 146 valence electrons. The van der Waals surface area contributed by atoms with E-state index >= 15 is 0 Å². The third-order valence-electron chi connectivity index (χ3n) is 5.62. The van der Waals surface area contributed by atoms with Crippen LogP contribution < -0.4 is 11.2 Å². The van der Waals surface area contributed by atoms with E-state index in [1.165, 1.54) is 4.57 Å². The molecule has 0 radical (unpaired) electrons. The Balaban J connectivity index is 1.80. The van der Waals surface area contributed by atoms with E-state index < -0.39 is 0 Å². The minimum atomic E-state index is -0.309. The van der Waals surface area contributed by atoms with Gasteiger partial charge in [-0.2, -0.15) is 0 Å². The van der Waals surface area contributed by atoms with Crippen LogP contribution in [0.15, 0.2) is 64.4 Å². The molecule has 2 aromatic carbocycles. The summed E-state index contributed by atoms with van der Waals surface area (Å²) in [6.07, 6.45) is 3.39. The lowest BCUT2D eigenvalue weighted by atomic mass is 10.1. The van der Waals surface area contributed by atoms with Crippen LogP contribution in [0.2, 0.25) is 0 Å². The molecule has 1 saturated carbocycles. The van der Waals surface area contributed by atoms with Crippen LogP contribution in [0.3, 0.4) is 0 Å². The van der Waals surface area contributed by atoms with E-state index in [0.717, 1.165) is 35.2 Å². The van der Waals surface area contributed by atoms with Crippen molar-refractivity contribution in [2.24, 2.45) is 0 Å². The first-order valence-electron chi connectivity index (χ1n) is 9.88. The van der Waals surface area contributed by atoms with Crippen LogP contribution >= 0.6 is 0 Å². The first-order chi connectivity index (χ1) is 14.0. The number of fused-ring (bicyclic) bond motifs is 1. The number of rotatable bonds is 4. The number of aromatic nitrogens is 4. The molecule has 0 atom stereocenters. The molecule has 1 aliphatic rings. The second-order valence-electron chi connectivity index (χ2n) is 7.83. The van der Waals surface area contributed by atoms with Crippen molar-refractivity contribution in [2.75, 3.05) is 0 Å². The molecule has 0 unspecified atom stereocenters. The summed E-state index contributed by atoms with van der Waals surface area (Å²) in [7, 11) is 0. The molecule has 0 saturated heterocycles. The Hall–Kier alpha value is -3.41. The van der Waals surface area contributed by atoms with Gasteiger partial charge >= 0.3 is 5.69 Å². The fraction of sp³-hybridized carbons (Fsp3) is 0.261. The van der Waals surface area contributed by atoms with Crippen LogP contribution in [-0.4, -0.2) is 18.7 Å². The predicted octanol–water partition coefficient (Wildman–Crippen LogP) is 3.35. The van der Waals surface area contributed by atoms with Crippen molar-refractivity contribution >= 4 is 11.2 Å². The van der Waals surface area contributed by atoms with Crippen molar-refractivity contribution in [3.05, 3.63) is 92.4 Å². The summed E-state index contributed by atoms with van der Waals surface area (Å²) in [5.74, 6) is 0. The molecule has 2 heterocycles. The zero-order valence-corrected chi connectivity index (χ0v) is 16.5. The van der Waals surface area contributed by atoms with Gasteiger partial charge in [-0.25, -0.2) is 14.3 Å². The van der Waals surface area contributed by atoms with E-state index in [0.29, 0.717) is 17.7 Å². The SMILES string of the molecule is Cc1cccc(-n2c(=O)n(C3CC3)c(=O)c3c2ncn3Cc2ccccc2C)c1. The zero-order chi connectivity index (χ0) is 20.1. The third-order valence-corrected chi connectivity index (χ3v) is 5.62. The molecular weight excluding hydrogens is 364 g/mol. The Kier molecular flexibility index (Phi) is 4.01. The Bertz CT molecular complexity index is 1360. The lowest BCUT2D eigenvalue weighted by molar-refractivity contribution is 0.639. The Morgan fingerprint density at radius 1 is 1.03 bits per heavy atom. The first-order valence-corrected chi connectivity index (χ1v) is 9.88. The molecule has 5 rings (SSSR count). The van der Waals surface area contributed by atoms with E-state index in [4.69, 9.17) is 0 Å². The van der Waals surface area contributed by atoms with Gasteiger partial charge in [0.1, 0.15) is 0 Å². The molecule has 0 spiro atoms. The van der Waals surface area contributed by atoms with Crippen molar-refractivity contribution in [3.8, 4) is 5.69 Å². The second kappa shape index (κ2) is 6.58. The topological polar surface area (TPSA) is 61.8 Å². The van der Waals surface area contributed by atoms with Gasteiger partial charge in [-0.1, -0.05) is 36.4 Å². The zero-order valence-electron chi connectivity index (χ0n) is 16.5. The highest BCUT2D eigenvalue weighted by atomic mass is 16.2. The monoisotopic (exact) mass is 386 g/mol. The normalized spacial score (nSPS) is 13.9. The van der Waals surface area contributed by atoms with Gasteiger partial charge in [-0.3, -0.25) is 9.36 Å². The highest BCUT2D eigenvalue weighted by molar-refractivity contribution is 5.72. The first kappa shape index (κ1) is 17.7. The molecule has 1 fully saturated rings. The van der Waals surface area contributed by atoms with Crippen LogP contribution in [0, 0.1) is 13.8 Å². The summed E-state index contributed by atoms with van der Waals surface area (Å²) in [4.78, 5) is 31.1. The van der Waals surface area contributed by atoms with Gasteiger partial charge < -0.3 is 4.57 Å². The minimum Gasteiger partial charge on any atom is -0.320 e. The molecule has 4 aromatic rings. The summed E-state index contributed by atoms with van der Waals surface area (Å²) in [6, 6.07) is 15.8. The molecule has 0 bridgehead atoms. The maximum Gasteiger partial charge on any atom is 0.337 e. The Morgan fingerprint density at radius 3 is 2.55 bits per heavy atom. The molecular formula is C23H22N4O2. The molecule has 0 amide bonds. The Morgan fingerprint density at radius 2 is 1.83 bits per heavy atom. The molecule has 6 nitrogen and oxygen atoms in total. The molecule has 0 aliphatic heterocycles. The van der Waals surface area contributed by atoms with Gasteiger partial charge in [0, 0.05) is 12.6 Å². The summed E-state index contributed by atoms with van der Waals surface area (Å²) >= 11 is 0. The molecule has 29 heavy (non-hydrogen) atoms. The van der Waals surface area contributed by atoms with Crippen molar-refractivity contribution in [3.63, 3.8) is 0 Å². The van der Waals surface area contributed by atoms with Crippen LogP contribution in [0.25, 0.3) is 16.9 Å². The van der Waals surface area contributed by atoms with Crippen LogP contribution in [0.4, 0.5) is 0 Å². The van der Waals surface area contributed by atoms with Crippen LogP contribution in [-0.2, 0) is 6.54 Å². The molecule has 6 heteroatoms. The van der Waals surface area contributed by atoms with Gasteiger partial charge in [0.15, 0.2) is 11.2 Å². The van der Waals surface area contributed by atoms with Crippen molar-refractivity contribution in [1.29, 1.82) is 0 Å². The van der Waals surface area contributed by atoms with Gasteiger partial charge in [-0.05, 0) is 55.5 Å². The summed E-state index contributed by atoms with van der Waals surface area (Å²) in [6.45, 7) is 4.58. The van der Waals surface area contributed by atoms with Crippen LogP contribution in [0.1, 0.15) is 35.6 Å². The summed E-state index contributed by atoms with van der Waals surface area (Å²) < 4.78 is 4.86. The average Bonchev–Trinajstić information content (AvgIpc) is 3.44. The maximum absolute atomic E-state index is 13.3. The van der Waals surface area contributed by atoms with Gasteiger partial charge in [0.05, 0.1) is 12.0 Å². The van der Waals surface area contributed by atoms with E-state index in [1.54, 1.807) is 10.9 Å². The minimum absolute atomic E-state index is 0.0164. The van der Waals surface area contributed by atoms with Crippen molar-refractivity contribution in [1.82, 2.24) is 18.7 Å². The van der Waals surface area contributed by atoms with Crippen LogP contribution in [0.5, 0.6) is 0 Å². The fourth-order valence-electron chi connectivity index (χ4n) is 3.90. The third kappa shape index (κ3) is 2.92. The number of benzene rings is 2. The average molecular weight is 386 g/mol. The largest absolute Gasteiger partial charge is 0.337 e. The quantitative estimate of drug-likeness (QED) is 0.540. The predicted molar refractivity (Wildman–Crippen MR) is 113 cm³/mol. The van der Waals surface area contributed by atoms with Gasteiger partial charge in [-0.15, -0.1) is 0 Å². The Labute approximate surface area is 167 Å². The summed E-state index contributed by atoms with van der Waals surface area (Å²) in [5.41, 5.74) is 4.39. The standard InChI is InChI=1S/C23H22N4O2/c1-15-6-5-9-19(12-15)26-21-20(22(28)27(23(26)29)18-10-11-18)25(14-24-21)13-17-8-4-3-7-16(17)2/h3-9,12,14,18H,10-11,13H2,1-2H3. The number of nitrogens with zero attached hydrogens (tertiary/aromatic N) is 4. The van der Waals surface area contributed by atoms with Crippen molar-refractivity contribution in [2.45, 2.75) is 39.3 Å². The van der Waals surface area contributed by atoms with E-state index in [-0.39, 0.29) is 17.3 Å². The number of imidazole rings is 1. The van der Waals surface area contributed by atoms with Gasteiger partial charge in [0.25, 0.3) is 5.56 Å². The van der Waals surface area contributed by atoms with E-state index in [1.807, 2.05) is 47.9 Å². The van der Waals surface area contributed by atoms with Crippen molar-refractivity contribution < 1.29 is 0 Å². The second-order valence-corrected chi connectivity index (χ2v) is 7.83. The fourth-order valence-corrected chi connectivity index (χ4v) is 3.90. The van der Waals surface area contributed by atoms with E-state index in [9.17, 15) is 9.59 Å². The number of hydrogen-bond donors (Lipinski definition) is 0. The molecule has 0 N–H and O–H groups in total. The van der Waals surface area contributed by atoms with Gasteiger partial charge in [0.2, 0.25) is 0 Å². The highest BCUT2D eigenvalue weighted by Gasteiger charge is 2.30. The smallest absolute Gasteiger partial charge is 0.320 e. The highest BCUT2D eigenvalue weighted by Crippen LogP contribution is 2.32. The lowest BCUT2D eigenvalue weighted by Gasteiger charge is -2.13. The van der Waals surface area contributed by atoms with E-state index in [2.05, 4.69) is 24.0 Å². The molecule has 2 aromatic heterocycles. The summed E-state index contributed by atoms with van der Waals surface area (Å²) in [5, 5.41) is 0.